The number of hydrogen-bond donors (Lipinski definition) is 3. The summed E-state index contributed by atoms with van der Waals surface area (Å²) in [5.41, 5.74) is 0.627. The number of nitro benzene ring substituents is 1. The van der Waals surface area contributed by atoms with Crippen LogP contribution in [0.1, 0.15) is 18.4 Å². The van der Waals surface area contributed by atoms with E-state index in [4.69, 9.17) is 5.11 Å². The topological polar surface area (TPSA) is 122 Å². The molecule has 1 rings (SSSR count). The fraction of sp³-hybridized carbons (Fsp3) is 0.333. The van der Waals surface area contributed by atoms with Gasteiger partial charge in [0.1, 0.15) is 0 Å². The fourth-order valence-corrected chi connectivity index (χ4v) is 1.56. The Kier molecular flexibility index (Phi) is 5.45. The van der Waals surface area contributed by atoms with Gasteiger partial charge in [-0.3, -0.25) is 14.9 Å². The standard InChI is InChI=1S/C12H15N3O5/c1-8-9(4-2-5-10(8)15(19)20)14-12(18)13-7-3-6-11(16)17/h2,4-5H,3,6-7H2,1H3,(H,16,17)(H2,13,14,18). The second-order valence-corrected chi connectivity index (χ2v) is 4.09. The van der Waals surface area contributed by atoms with E-state index in [2.05, 4.69) is 10.6 Å². The number of amides is 2. The minimum atomic E-state index is -0.929. The number of nitrogens with zero attached hydrogens (tertiary/aromatic N) is 1. The van der Waals surface area contributed by atoms with Gasteiger partial charge < -0.3 is 15.7 Å². The van der Waals surface area contributed by atoms with Crippen LogP contribution < -0.4 is 10.6 Å². The summed E-state index contributed by atoms with van der Waals surface area (Å²) in [4.78, 5) is 32.1. The van der Waals surface area contributed by atoms with E-state index in [1.165, 1.54) is 19.1 Å². The van der Waals surface area contributed by atoms with Crippen LogP contribution in [-0.2, 0) is 4.79 Å². The van der Waals surface area contributed by atoms with Crippen LogP contribution in [0.4, 0.5) is 16.2 Å². The maximum absolute atomic E-state index is 11.6. The first kappa shape index (κ1) is 15.4. The lowest BCUT2D eigenvalue weighted by Crippen LogP contribution is -2.30. The normalized spacial score (nSPS) is 9.85. The number of carboxylic acids is 1. The fourth-order valence-electron chi connectivity index (χ4n) is 1.56. The molecule has 0 aliphatic heterocycles. The molecule has 1 aromatic carbocycles. The molecule has 0 atom stereocenters. The lowest BCUT2D eigenvalue weighted by atomic mass is 10.1. The third kappa shape index (κ3) is 4.56. The number of nitro groups is 1. The molecule has 0 radical (unpaired) electrons. The highest BCUT2D eigenvalue weighted by molar-refractivity contribution is 5.90. The van der Waals surface area contributed by atoms with E-state index in [0.29, 0.717) is 17.7 Å². The zero-order chi connectivity index (χ0) is 15.1. The summed E-state index contributed by atoms with van der Waals surface area (Å²) in [5, 5.41) is 24.2. The molecular weight excluding hydrogens is 266 g/mol. The SMILES string of the molecule is Cc1c(NC(=O)NCCCC(=O)O)cccc1[N+](=O)[O-]. The first-order valence-corrected chi connectivity index (χ1v) is 5.92. The summed E-state index contributed by atoms with van der Waals surface area (Å²) < 4.78 is 0. The lowest BCUT2D eigenvalue weighted by molar-refractivity contribution is -0.385. The molecule has 0 bridgehead atoms. The number of urea groups is 1. The zero-order valence-electron chi connectivity index (χ0n) is 10.9. The Morgan fingerprint density at radius 2 is 2.10 bits per heavy atom. The number of aliphatic carboxylic acids is 1. The maximum Gasteiger partial charge on any atom is 0.319 e. The highest BCUT2D eigenvalue weighted by atomic mass is 16.6. The van der Waals surface area contributed by atoms with Crippen LogP contribution >= 0.6 is 0 Å². The van der Waals surface area contributed by atoms with E-state index in [0.717, 1.165) is 0 Å². The maximum atomic E-state index is 11.6. The van der Waals surface area contributed by atoms with Gasteiger partial charge in [-0.05, 0) is 19.4 Å². The highest BCUT2D eigenvalue weighted by Gasteiger charge is 2.14. The van der Waals surface area contributed by atoms with Crippen molar-refractivity contribution in [2.45, 2.75) is 19.8 Å². The molecule has 20 heavy (non-hydrogen) atoms. The quantitative estimate of drug-likeness (QED) is 0.417. The van der Waals surface area contributed by atoms with Crippen LogP contribution in [0.15, 0.2) is 18.2 Å². The third-order valence-electron chi connectivity index (χ3n) is 2.60. The Morgan fingerprint density at radius 3 is 2.70 bits per heavy atom. The molecule has 0 aromatic heterocycles. The molecule has 108 valence electrons. The zero-order valence-corrected chi connectivity index (χ0v) is 10.9. The molecule has 0 heterocycles. The van der Waals surface area contributed by atoms with Crippen molar-refractivity contribution in [3.8, 4) is 0 Å². The molecule has 0 saturated carbocycles. The van der Waals surface area contributed by atoms with E-state index in [1.807, 2.05) is 0 Å². The Balaban J connectivity index is 2.56. The number of anilines is 1. The predicted octanol–water partition coefficient (Wildman–Crippen LogP) is 1.89. The van der Waals surface area contributed by atoms with Crippen molar-refractivity contribution < 1.29 is 19.6 Å². The second kappa shape index (κ2) is 7.07. The molecule has 0 saturated heterocycles. The molecule has 8 nitrogen and oxygen atoms in total. The van der Waals surface area contributed by atoms with E-state index >= 15 is 0 Å². The Labute approximate surface area is 114 Å². The number of nitrogens with one attached hydrogen (secondary N) is 2. The number of carbonyl (C=O) groups excluding carboxylic acids is 1. The van der Waals surface area contributed by atoms with Crippen molar-refractivity contribution in [3.05, 3.63) is 33.9 Å². The number of carbonyl (C=O) groups is 2. The molecule has 8 heteroatoms. The van der Waals surface area contributed by atoms with Crippen LogP contribution in [0.3, 0.4) is 0 Å². The Bertz CT molecular complexity index is 530. The van der Waals surface area contributed by atoms with Gasteiger partial charge in [0, 0.05) is 19.0 Å². The number of benzene rings is 1. The van der Waals surface area contributed by atoms with Crippen molar-refractivity contribution in [2.24, 2.45) is 0 Å². The minimum absolute atomic E-state index is 0.0316. The van der Waals surface area contributed by atoms with Crippen molar-refractivity contribution in [2.75, 3.05) is 11.9 Å². The number of rotatable bonds is 6. The van der Waals surface area contributed by atoms with Crippen LogP contribution in [0, 0.1) is 17.0 Å². The summed E-state index contributed by atoms with van der Waals surface area (Å²) in [6.45, 7) is 1.75. The molecule has 0 aliphatic carbocycles. The van der Waals surface area contributed by atoms with Gasteiger partial charge in [-0.2, -0.15) is 0 Å². The summed E-state index contributed by atoms with van der Waals surface area (Å²) in [6.07, 6.45) is 0.285. The van der Waals surface area contributed by atoms with Crippen LogP contribution in [0.2, 0.25) is 0 Å². The summed E-state index contributed by atoms with van der Waals surface area (Å²) in [7, 11) is 0. The van der Waals surface area contributed by atoms with Crippen LogP contribution in [0.25, 0.3) is 0 Å². The first-order valence-electron chi connectivity index (χ1n) is 5.92. The van der Waals surface area contributed by atoms with Crippen molar-refractivity contribution in [1.82, 2.24) is 5.32 Å². The molecule has 0 fully saturated rings. The number of hydrogen-bond acceptors (Lipinski definition) is 4. The lowest BCUT2D eigenvalue weighted by Gasteiger charge is -2.09. The minimum Gasteiger partial charge on any atom is -0.481 e. The van der Waals surface area contributed by atoms with Gasteiger partial charge in [0.15, 0.2) is 0 Å². The van der Waals surface area contributed by atoms with Gasteiger partial charge in [0.25, 0.3) is 5.69 Å². The van der Waals surface area contributed by atoms with Gasteiger partial charge in [0.05, 0.1) is 16.2 Å². The monoisotopic (exact) mass is 281 g/mol. The summed E-state index contributed by atoms with van der Waals surface area (Å²) in [6, 6.07) is 3.86. The second-order valence-electron chi connectivity index (χ2n) is 4.09. The molecule has 2 amide bonds. The average molecular weight is 281 g/mol. The summed E-state index contributed by atoms with van der Waals surface area (Å²) >= 11 is 0. The van der Waals surface area contributed by atoms with E-state index in [1.54, 1.807) is 6.07 Å². The van der Waals surface area contributed by atoms with Crippen molar-refractivity contribution in [1.29, 1.82) is 0 Å². The van der Waals surface area contributed by atoms with Gasteiger partial charge in [0.2, 0.25) is 0 Å². The highest BCUT2D eigenvalue weighted by Crippen LogP contribution is 2.24. The van der Waals surface area contributed by atoms with E-state index in [-0.39, 0.29) is 18.7 Å². The third-order valence-corrected chi connectivity index (χ3v) is 2.60. The first-order chi connectivity index (χ1) is 9.41. The number of carboxylic acid groups (broad SMARTS) is 1. The van der Waals surface area contributed by atoms with Crippen LogP contribution in [-0.4, -0.2) is 28.6 Å². The molecule has 1 aromatic rings. The van der Waals surface area contributed by atoms with Crippen molar-refractivity contribution in [3.63, 3.8) is 0 Å². The van der Waals surface area contributed by atoms with Crippen LogP contribution in [0.5, 0.6) is 0 Å². The Morgan fingerprint density at radius 1 is 1.40 bits per heavy atom. The summed E-state index contributed by atoms with van der Waals surface area (Å²) in [5.74, 6) is -0.929. The van der Waals surface area contributed by atoms with Gasteiger partial charge in [-0.15, -0.1) is 0 Å². The molecule has 3 N–H and O–H groups in total. The Hall–Kier alpha value is -2.64. The molecule has 0 unspecified atom stereocenters. The molecular formula is C12H15N3O5. The predicted molar refractivity (Wildman–Crippen MR) is 71.7 cm³/mol. The molecule has 0 aliphatic rings. The van der Waals surface area contributed by atoms with E-state index < -0.39 is 16.9 Å². The van der Waals surface area contributed by atoms with Gasteiger partial charge >= 0.3 is 12.0 Å². The van der Waals surface area contributed by atoms with Crippen molar-refractivity contribution >= 4 is 23.4 Å². The largest absolute Gasteiger partial charge is 0.481 e. The molecule has 0 spiro atoms. The van der Waals surface area contributed by atoms with E-state index in [9.17, 15) is 19.7 Å². The average Bonchev–Trinajstić information content (AvgIpc) is 2.36. The smallest absolute Gasteiger partial charge is 0.319 e. The van der Waals surface area contributed by atoms with Gasteiger partial charge in [-0.25, -0.2) is 4.79 Å². The van der Waals surface area contributed by atoms with Gasteiger partial charge in [-0.1, -0.05) is 6.07 Å².